The molecule has 26 nitrogen and oxygen atoms in total. The van der Waals surface area contributed by atoms with Crippen LogP contribution in [-0.4, -0.2) is 153 Å². The molecule has 352 valence electrons. The normalized spacial score (nSPS) is 24.4. The van der Waals surface area contributed by atoms with Crippen LogP contribution in [0.3, 0.4) is 0 Å². The molecule has 0 saturated carbocycles. The van der Waals surface area contributed by atoms with E-state index in [1.54, 1.807) is 13.8 Å². The van der Waals surface area contributed by atoms with E-state index in [0.29, 0.717) is 0 Å². The summed E-state index contributed by atoms with van der Waals surface area (Å²) in [7, 11) is 1.74. The molecule has 63 heavy (non-hydrogen) atoms. The first kappa shape index (κ1) is 54.8. The molecule has 1 aliphatic heterocycles. The Morgan fingerprint density at radius 2 is 1.16 bits per heavy atom. The molecule has 28 heteroatoms. The van der Waals surface area contributed by atoms with Crippen molar-refractivity contribution >= 4 is 98.6 Å². The van der Waals surface area contributed by atoms with Crippen molar-refractivity contribution in [1.82, 2.24) is 42.5 Å². The molecular formula is C35H54N10O16S2. The van der Waals surface area contributed by atoms with Gasteiger partial charge in [-0.05, 0) is 25.2 Å². The zero-order chi connectivity index (χ0) is 48.0. The molecule has 10 amide bonds. The zero-order valence-electron chi connectivity index (χ0n) is 34.5. The number of nitrogens with two attached hydrogens (primary N) is 2. The van der Waals surface area contributed by atoms with E-state index in [9.17, 15) is 77.6 Å². The predicted molar refractivity (Wildman–Crippen MR) is 220 cm³/mol. The average molecular weight is 935 g/mol. The number of primary amides is 2. The summed E-state index contributed by atoms with van der Waals surface area (Å²) in [4.78, 5) is 164. The van der Waals surface area contributed by atoms with E-state index >= 15 is 0 Å². The van der Waals surface area contributed by atoms with E-state index in [-0.39, 0.29) is 23.8 Å². The molecule has 0 unspecified atom stereocenters. The van der Waals surface area contributed by atoms with Crippen LogP contribution in [0.25, 0.3) is 0 Å². The van der Waals surface area contributed by atoms with Gasteiger partial charge in [0.2, 0.25) is 59.1 Å². The molecule has 0 bridgehead atoms. The van der Waals surface area contributed by atoms with Gasteiger partial charge in [-0.2, -0.15) is 0 Å². The number of rotatable bonds is 14. The lowest BCUT2D eigenvalue weighted by Crippen LogP contribution is -2.59. The van der Waals surface area contributed by atoms with Crippen LogP contribution in [0.15, 0.2) is 0 Å². The van der Waals surface area contributed by atoms with E-state index in [1.165, 1.54) is 0 Å². The monoisotopic (exact) mass is 934 g/mol. The van der Waals surface area contributed by atoms with Crippen molar-refractivity contribution in [3.05, 3.63) is 0 Å². The first-order valence-electron chi connectivity index (χ1n) is 19.2. The van der Waals surface area contributed by atoms with E-state index in [2.05, 4.69) is 42.5 Å². The number of carboxylic acids is 3. The van der Waals surface area contributed by atoms with Crippen molar-refractivity contribution in [1.29, 1.82) is 0 Å². The summed E-state index contributed by atoms with van der Waals surface area (Å²) in [5, 5.41) is 46.3. The summed E-state index contributed by atoms with van der Waals surface area (Å²) in [6, 6.07) is -11.0. The summed E-state index contributed by atoms with van der Waals surface area (Å²) < 4.78 is 0. The Labute approximate surface area is 367 Å². The Morgan fingerprint density at radius 3 is 1.67 bits per heavy atom. The first-order valence-corrected chi connectivity index (χ1v) is 21.7. The van der Waals surface area contributed by atoms with Crippen LogP contribution in [-0.2, 0) is 62.3 Å². The van der Waals surface area contributed by atoms with E-state index in [0.717, 1.165) is 28.5 Å². The molecule has 0 aromatic heterocycles. The van der Waals surface area contributed by atoms with Gasteiger partial charge in [-0.15, -0.1) is 0 Å². The number of carbonyl (C=O) groups is 13. The lowest BCUT2D eigenvalue weighted by Gasteiger charge is -2.25. The van der Waals surface area contributed by atoms with Gasteiger partial charge in [0, 0.05) is 43.7 Å². The van der Waals surface area contributed by atoms with Crippen molar-refractivity contribution < 1.29 is 77.6 Å². The maximum absolute atomic E-state index is 13.4. The summed E-state index contributed by atoms with van der Waals surface area (Å²) in [6.07, 6.45) is -4.69. The van der Waals surface area contributed by atoms with Gasteiger partial charge in [0.05, 0.1) is 19.4 Å². The number of nitrogens with one attached hydrogen (secondary N) is 8. The lowest BCUT2D eigenvalue weighted by molar-refractivity contribution is -0.142. The molecule has 7 atom stereocenters. The molecule has 0 radical (unpaired) electrons. The first-order chi connectivity index (χ1) is 29.4. The van der Waals surface area contributed by atoms with Gasteiger partial charge in [0.15, 0.2) is 0 Å². The van der Waals surface area contributed by atoms with Gasteiger partial charge in [-0.3, -0.25) is 62.3 Å². The predicted octanol–water partition coefficient (Wildman–Crippen LogP) is -5.09. The Balaban J connectivity index is 3.71. The molecule has 0 aromatic rings. The summed E-state index contributed by atoms with van der Waals surface area (Å²) in [6.45, 7) is 3.77. The summed E-state index contributed by atoms with van der Waals surface area (Å²) in [5.74, 6) is -15.6. The summed E-state index contributed by atoms with van der Waals surface area (Å²) >= 11 is 0. The van der Waals surface area contributed by atoms with Crippen LogP contribution >= 0.6 is 21.6 Å². The topological polar surface area (TPSA) is 431 Å². The lowest BCUT2D eigenvalue weighted by atomic mass is 10.00. The van der Waals surface area contributed by atoms with Gasteiger partial charge < -0.3 is 69.3 Å². The molecule has 1 rings (SSSR count). The largest absolute Gasteiger partial charge is 0.481 e. The van der Waals surface area contributed by atoms with Crippen LogP contribution in [0.2, 0.25) is 0 Å². The molecule has 0 aliphatic carbocycles. The second-order valence-corrected chi connectivity index (χ2v) is 17.1. The van der Waals surface area contributed by atoms with Crippen LogP contribution < -0.4 is 54.0 Å². The van der Waals surface area contributed by atoms with Crippen LogP contribution in [0.1, 0.15) is 72.1 Å². The third kappa shape index (κ3) is 23.0. The van der Waals surface area contributed by atoms with Crippen molar-refractivity contribution in [2.24, 2.45) is 17.4 Å². The quantitative estimate of drug-likeness (QED) is 0.0725. The van der Waals surface area contributed by atoms with Crippen LogP contribution in [0.4, 0.5) is 0 Å². The highest BCUT2D eigenvalue weighted by Gasteiger charge is 2.34. The second-order valence-electron chi connectivity index (χ2n) is 14.5. The molecule has 0 aromatic carbocycles. The Kier molecular flexibility index (Phi) is 24.1. The minimum atomic E-state index is -2.02. The highest BCUT2D eigenvalue weighted by molar-refractivity contribution is 8.76. The molecule has 1 aliphatic rings. The third-order valence-corrected chi connectivity index (χ3v) is 10.9. The molecule has 1 fully saturated rings. The number of hydrogen-bond acceptors (Lipinski definition) is 15. The van der Waals surface area contributed by atoms with Crippen molar-refractivity contribution in [2.45, 2.75) is 114 Å². The smallest absolute Gasteiger partial charge is 0.305 e. The maximum atomic E-state index is 13.4. The number of hydrogen-bond donors (Lipinski definition) is 13. The standard InChI is InChI=1S/C35H54N10O16S2/c1-15(2)8-17-9-25(48)41-19(5-7-28(52)53)32(58)45-22(30(37)56)13-62-63-14-23(39-16(3)46)35(61)43-20(10-24(36)47)33(59)44-21(11-29(54)55)34(60)42-18(4-6-27(50)51)31(57)38-12-26(49)40-17/h15,17-23H,4-14H2,1-3H3,(H2,36,47)(H2,37,56)(H,38,57)(H,39,46)(H,40,49)(H,41,48)(H,42,60)(H,43,61)(H,44,59)(H,45,58)(H,50,51)(H,52,53)(H,54,55)/t17-,18-,19-,20-,21-,22-,23-/m0/s1. The van der Waals surface area contributed by atoms with Gasteiger partial charge >= 0.3 is 17.9 Å². The highest BCUT2D eigenvalue weighted by atomic mass is 33.1. The summed E-state index contributed by atoms with van der Waals surface area (Å²) in [5.41, 5.74) is 10.8. The second kappa shape index (κ2) is 27.7. The molecular weight excluding hydrogens is 881 g/mol. The minimum Gasteiger partial charge on any atom is -0.481 e. The Morgan fingerprint density at radius 1 is 0.651 bits per heavy atom. The Hall–Kier alpha value is -6.19. The van der Waals surface area contributed by atoms with Gasteiger partial charge in [-0.25, -0.2) is 0 Å². The van der Waals surface area contributed by atoms with Crippen molar-refractivity contribution in [3.63, 3.8) is 0 Å². The minimum absolute atomic E-state index is 0.136. The van der Waals surface area contributed by atoms with Gasteiger partial charge in [-0.1, -0.05) is 35.4 Å². The average Bonchev–Trinajstić information content (AvgIpc) is 3.15. The highest BCUT2D eigenvalue weighted by Crippen LogP contribution is 2.23. The fourth-order valence-electron chi connectivity index (χ4n) is 5.62. The van der Waals surface area contributed by atoms with Crippen LogP contribution in [0, 0.1) is 5.92 Å². The number of carboxylic acid groups (broad SMARTS) is 3. The fraction of sp³-hybridized carbons (Fsp3) is 0.629. The van der Waals surface area contributed by atoms with E-state index in [4.69, 9.17) is 11.5 Å². The van der Waals surface area contributed by atoms with Crippen molar-refractivity contribution in [2.75, 3.05) is 18.1 Å². The fourth-order valence-corrected chi connectivity index (χ4v) is 7.96. The number of aliphatic carboxylic acids is 3. The molecule has 1 saturated heterocycles. The van der Waals surface area contributed by atoms with E-state index in [1.807, 2.05) is 0 Å². The third-order valence-electron chi connectivity index (χ3n) is 8.51. The van der Waals surface area contributed by atoms with Gasteiger partial charge in [0.25, 0.3) is 0 Å². The molecule has 0 spiro atoms. The van der Waals surface area contributed by atoms with Crippen LogP contribution in [0.5, 0.6) is 0 Å². The van der Waals surface area contributed by atoms with Gasteiger partial charge in [0.1, 0.15) is 36.3 Å². The molecule has 1 heterocycles. The number of amides is 10. The zero-order valence-corrected chi connectivity index (χ0v) is 36.2. The Bertz CT molecular complexity index is 1750. The van der Waals surface area contributed by atoms with E-state index < -0.39 is 171 Å². The number of carbonyl (C=O) groups excluding carboxylic acids is 10. The maximum Gasteiger partial charge on any atom is 0.305 e. The van der Waals surface area contributed by atoms with Crippen molar-refractivity contribution in [3.8, 4) is 0 Å². The SMILES string of the molecule is CC(=O)N[C@H]1CSSC[C@@H](C(N)=O)NC(=O)[C@H](CCC(=O)O)NC(=O)C[C@H](CC(C)C)NC(=O)CNC(=O)[C@H](CCC(=O)O)NC(=O)[C@H](CC(=O)O)NC(=O)[C@H](CC(N)=O)NC1=O. The molecule has 15 N–H and O–H groups in total.